The van der Waals surface area contributed by atoms with Gasteiger partial charge in [0.25, 0.3) is 0 Å². The second-order valence-corrected chi connectivity index (χ2v) is 4.06. The van der Waals surface area contributed by atoms with Crippen LogP contribution in [0.5, 0.6) is 0 Å². The number of benzene rings is 1. The van der Waals surface area contributed by atoms with Gasteiger partial charge in [0.05, 0.1) is 24.1 Å². The van der Waals surface area contributed by atoms with E-state index in [0.29, 0.717) is 17.0 Å². The van der Waals surface area contributed by atoms with Gasteiger partial charge >= 0.3 is 0 Å². The van der Waals surface area contributed by atoms with E-state index in [9.17, 15) is 0 Å². The maximum absolute atomic E-state index is 8.99. The first-order chi connectivity index (χ1) is 7.10. The highest BCUT2D eigenvalue weighted by Crippen LogP contribution is 2.27. The van der Waals surface area contributed by atoms with Gasteiger partial charge in [-0.25, -0.2) is 0 Å². The third kappa shape index (κ3) is 2.49. The Morgan fingerprint density at radius 2 is 2.00 bits per heavy atom. The first kappa shape index (κ1) is 11.6. The van der Waals surface area contributed by atoms with Crippen LogP contribution in [0.1, 0.15) is 36.5 Å². The maximum atomic E-state index is 8.99. The van der Waals surface area contributed by atoms with Crippen LogP contribution in [0.4, 0.5) is 0 Å². The monoisotopic (exact) mass is 218 g/mol. The summed E-state index contributed by atoms with van der Waals surface area (Å²) >= 11 is 5.88. The highest BCUT2D eigenvalue weighted by Gasteiger charge is 2.13. The van der Waals surface area contributed by atoms with Gasteiger partial charge in [-0.15, -0.1) is 0 Å². The molecule has 1 aromatic carbocycles. The van der Waals surface area contributed by atoms with E-state index in [1.807, 2.05) is 13.8 Å². The van der Waals surface area contributed by atoms with Crippen molar-refractivity contribution in [1.29, 1.82) is 10.5 Å². The fourth-order valence-corrected chi connectivity index (χ4v) is 1.92. The van der Waals surface area contributed by atoms with E-state index in [1.165, 1.54) is 0 Å². The van der Waals surface area contributed by atoms with Crippen LogP contribution in [0.25, 0.3) is 0 Å². The van der Waals surface area contributed by atoms with Crippen LogP contribution in [0.15, 0.2) is 12.1 Å². The summed E-state index contributed by atoms with van der Waals surface area (Å²) in [7, 11) is 0. The normalized spacial score (nSPS) is 9.73. The lowest BCUT2D eigenvalue weighted by molar-refractivity contribution is 0.847. The molecule has 0 bridgehead atoms. The van der Waals surface area contributed by atoms with E-state index >= 15 is 0 Å². The molecule has 0 aromatic heterocycles. The van der Waals surface area contributed by atoms with Crippen LogP contribution in [0.3, 0.4) is 0 Å². The maximum Gasteiger partial charge on any atom is 0.0995 e. The molecule has 0 aliphatic carbocycles. The van der Waals surface area contributed by atoms with Gasteiger partial charge < -0.3 is 0 Å². The van der Waals surface area contributed by atoms with Crippen LogP contribution in [-0.2, 0) is 6.42 Å². The van der Waals surface area contributed by atoms with Crippen molar-refractivity contribution < 1.29 is 0 Å². The van der Waals surface area contributed by atoms with E-state index in [2.05, 4.69) is 12.1 Å². The lowest BCUT2D eigenvalue weighted by Crippen LogP contribution is -2.00. The minimum Gasteiger partial charge on any atom is -0.198 e. The fraction of sp³-hybridized carbons (Fsp3) is 0.333. The number of nitriles is 2. The van der Waals surface area contributed by atoms with Crippen molar-refractivity contribution in [2.24, 2.45) is 0 Å². The summed E-state index contributed by atoms with van der Waals surface area (Å²) in [5.41, 5.74) is 2.36. The van der Waals surface area contributed by atoms with Crippen molar-refractivity contribution in [2.45, 2.75) is 26.2 Å². The van der Waals surface area contributed by atoms with Crippen LogP contribution in [0, 0.1) is 22.7 Å². The summed E-state index contributed by atoms with van der Waals surface area (Å²) in [6.45, 7) is 4.01. The minimum atomic E-state index is 0.222. The summed E-state index contributed by atoms with van der Waals surface area (Å²) < 4.78 is 0. The van der Waals surface area contributed by atoms with E-state index in [0.717, 1.165) is 11.1 Å². The van der Waals surface area contributed by atoms with Crippen LogP contribution in [-0.4, -0.2) is 0 Å². The molecule has 76 valence electrons. The van der Waals surface area contributed by atoms with Gasteiger partial charge in [0.15, 0.2) is 0 Å². The smallest absolute Gasteiger partial charge is 0.0995 e. The molecule has 0 saturated carbocycles. The number of rotatable bonds is 2. The summed E-state index contributed by atoms with van der Waals surface area (Å²) in [6.07, 6.45) is 0.294. The summed E-state index contributed by atoms with van der Waals surface area (Å²) in [6, 6.07) is 7.63. The molecule has 0 N–H and O–H groups in total. The molecule has 2 nitrogen and oxygen atoms in total. The van der Waals surface area contributed by atoms with Gasteiger partial charge in [-0.2, -0.15) is 10.5 Å². The zero-order chi connectivity index (χ0) is 11.4. The third-order valence-electron chi connectivity index (χ3n) is 2.20. The van der Waals surface area contributed by atoms with Crippen molar-refractivity contribution in [3.05, 3.63) is 33.8 Å². The highest BCUT2D eigenvalue weighted by atomic mass is 35.5. The van der Waals surface area contributed by atoms with Gasteiger partial charge in [0.1, 0.15) is 0 Å². The average Bonchev–Trinajstić information content (AvgIpc) is 2.16. The Kier molecular flexibility index (Phi) is 3.72. The third-order valence-corrected chi connectivity index (χ3v) is 2.42. The predicted octanol–water partition coefficient (Wildman–Crippen LogP) is 3.40. The topological polar surface area (TPSA) is 47.6 Å². The molecule has 0 amide bonds. The lowest BCUT2D eigenvalue weighted by Gasteiger charge is -2.13. The van der Waals surface area contributed by atoms with Crippen molar-refractivity contribution in [1.82, 2.24) is 0 Å². The predicted molar refractivity (Wildman–Crippen MR) is 59.6 cm³/mol. The largest absolute Gasteiger partial charge is 0.198 e. The molecule has 0 radical (unpaired) electrons. The number of halogens is 1. The van der Waals surface area contributed by atoms with Crippen molar-refractivity contribution in [3.63, 3.8) is 0 Å². The molecule has 15 heavy (non-hydrogen) atoms. The van der Waals surface area contributed by atoms with Crippen LogP contribution in [0.2, 0.25) is 5.02 Å². The van der Waals surface area contributed by atoms with Crippen molar-refractivity contribution in [3.8, 4) is 12.1 Å². The highest BCUT2D eigenvalue weighted by molar-refractivity contribution is 6.30. The first-order valence-corrected chi connectivity index (χ1v) is 5.07. The Morgan fingerprint density at radius 1 is 1.33 bits per heavy atom. The van der Waals surface area contributed by atoms with E-state index in [1.54, 1.807) is 12.1 Å². The van der Waals surface area contributed by atoms with E-state index in [4.69, 9.17) is 22.1 Å². The van der Waals surface area contributed by atoms with Crippen LogP contribution >= 0.6 is 11.6 Å². The Hall–Kier alpha value is -1.51. The Balaban J connectivity index is 3.43. The lowest BCUT2D eigenvalue weighted by atomic mass is 9.91. The zero-order valence-corrected chi connectivity index (χ0v) is 9.47. The average molecular weight is 219 g/mol. The molecule has 0 aliphatic heterocycles. The second kappa shape index (κ2) is 4.82. The Bertz CT molecular complexity index is 450. The fourth-order valence-electron chi connectivity index (χ4n) is 1.68. The molecule has 0 fully saturated rings. The second-order valence-electron chi connectivity index (χ2n) is 3.63. The molecule has 3 heteroatoms. The number of nitrogens with zero attached hydrogens (tertiary/aromatic N) is 2. The first-order valence-electron chi connectivity index (χ1n) is 4.69. The molecule has 0 unspecified atom stereocenters. The molecule has 1 aromatic rings. The van der Waals surface area contributed by atoms with Gasteiger partial charge in [-0.1, -0.05) is 25.4 Å². The zero-order valence-electron chi connectivity index (χ0n) is 8.71. The number of hydrogen-bond acceptors (Lipinski definition) is 2. The summed E-state index contributed by atoms with van der Waals surface area (Å²) in [5, 5.41) is 18.2. The Labute approximate surface area is 94.7 Å². The van der Waals surface area contributed by atoms with Gasteiger partial charge in [-0.05, 0) is 29.2 Å². The molecule has 1 rings (SSSR count). The van der Waals surface area contributed by atoms with Gasteiger partial charge in [-0.3, -0.25) is 0 Å². The van der Waals surface area contributed by atoms with Gasteiger partial charge in [0.2, 0.25) is 0 Å². The number of hydrogen-bond donors (Lipinski definition) is 0. The molecule has 0 spiro atoms. The minimum absolute atomic E-state index is 0.222. The van der Waals surface area contributed by atoms with Crippen molar-refractivity contribution in [2.75, 3.05) is 0 Å². The molecule has 0 heterocycles. The summed E-state index contributed by atoms with van der Waals surface area (Å²) in [4.78, 5) is 0. The molecule has 0 aliphatic rings. The quantitative estimate of drug-likeness (QED) is 0.764. The molecule has 0 saturated heterocycles. The molecular formula is C12H11ClN2. The van der Waals surface area contributed by atoms with E-state index in [-0.39, 0.29) is 5.92 Å². The van der Waals surface area contributed by atoms with Gasteiger partial charge in [0, 0.05) is 5.02 Å². The van der Waals surface area contributed by atoms with Crippen LogP contribution < -0.4 is 0 Å². The molecular weight excluding hydrogens is 208 g/mol. The SMILES string of the molecule is CC(C)c1c(C#N)cc(Cl)cc1CC#N. The van der Waals surface area contributed by atoms with Crippen molar-refractivity contribution >= 4 is 11.6 Å². The van der Waals surface area contributed by atoms with E-state index < -0.39 is 0 Å². The Morgan fingerprint density at radius 3 is 2.47 bits per heavy atom. The standard InChI is InChI=1S/C12H11ClN2/c1-8(2)12-9(3-4-14)5-11(13)6-10(12)7-15/h5-6,8H,3H2,1-2H3. The summed E-state index contributed by atoms with van der Waals surface area (Å²) in [5.74, 6) is 0.222. The molecule has 0 atom stereocenters.